The summed E-state index contributed by atoms with van der Waals surface area (Å²) in [6.07, 6.45) is 2.40. The molecule has 2 amide bonds. The van der Waals surface area contributed by atoms with Crippen molar-refractivity contribution in [3.05, 3.63) is 62.6 Å². The highest BCUT2D eigenvalue weighted by atomic mass is 32.1. The van der Waals surface area contributed by atoms with E-state index in [2.05, 4.69) is 17.9 Å². The van der Waals surface area contributed by atoms with E-state index in [0.717, 1.165) is 38.1 Å². The van der Waals surface area contributed by atoms with E-state index in [1.807, 2.05) is 27.7 Å². The lowest BCUT2D eigenvalue weighted by molar-refractivity contribution is -0.117. The molecule has 2 atom stereocenters. The highest BCUT2D eigenvalue weighted by molar-refractivity contribution is 7.80. The SMILES string of the molecule is CCC(C)CC(S)c1c(C(=O)NCc2ccc(F)cc2F)c(=O)c(O)c(C)n1C.CCN(C=O)CC. The van der Waals surface area contributed by atoms with Crippen LogP contribution >= 0.6 is 12.6 Å². The van der Waals surface area contributed by atoms with Crippen LogP contribution in [-0.2, 0) is 18.4 Å². The monoisotopic (exact) mass is 525 g/mol. The summed E-state index contributed by atoms with van der Waals surface area (Å²) < 4.78 is 28.5. The van der Waals surface area contributed by atoms with E-state index in [9.17, 15) is 28.3 Å². The van der Waals surface area contributed by atoms with Gasteiger partial charge in [-0.3, -0.25) is 14.4 Å². The maximum atomic E-state index is 13.8. The lowest BCUT2D eigenvalue weighted by Gasteiger charge is -2.23. The highest BCUT2D eigenvalue weighted by Crippen LogP contribution is 2.32. The van der Waals surface area contributed by atoms with Gasteiger partial charge >= 0.3 is 0 Å². The summed E-state index contributed by atoms with van der Waals surface area (Å²) >= 11 is 4.62. The summed E-state index contributed by atoms with van der Waals surface area (Å²) in [6.45, 7) is 11.0. The number of nitrogens with zero attached hydrogens (tertiary/aromatic N) is 2. The summed E-state index contributed by atoms with van der Waals surface area (Å²) in [5.74, 6) is -2.47. The van der Waals surface area contributed by atoms with E-state index >= 15 is 0 Å². The Hall–Kier alpha value is -2.88. The fourth-order valence-electron chi connectivity index (χ4n) is 3.48. The lowest BCUT2D eigenvalue weighted by Crippen LogP contribution is -2.33. The van der Waals surface area contributed by atoms with E-state index in [1.54, 1.807) is 23.4 Å². The molecule has 2 aromatic rings. The molecular weight excluding hydrogens is 488 g/mol. The Morgan fingerprint density at radius 3 is 2.33 bits per heavy atom. The van der Waals surface area contributed by atoms with E-state index < -0.39 is 34.0 Å². The van der Waals surface area contributed by atoms with Gasteiger partial charge in [-0.05, 0) is 39.2 Å². The van der Waals surface area contributed by atoms with Crippen LogP contribution in [0.2, 0.25) is 0 Å². The third-order valence-electron chi connectivity index (χ3n) is 6.19. The number of halogens is 2. The summed E-state index contributed by atoms with van der Waals surface area (Å²) in [6, 6.07) is 3.03. The number of benzene rings is 1. The molecule has 2 rings (SSSR count). The molecule has 0 aliphatic rings. The zero-order chi connectivity index (χ0) is 27.6. The molecule has 1 heterocycles. The number of aromatic nitrogens is 1. The van der Waals surface area contributed by atoms with Gasteiger partial charge in [0.1, 0.15) is 17.2 Å². The molecule has 36 heavy (non-hydrogen) atoms. The minimum atomic E-state index is -0.797. The zero-order valence-electron chi connectivity index (χ0n) is 21.8. The first-order valence-electron chi connectivity index (χ1n) is 11.9. The fraction of sp³-hybridized carbons (Fsp3) is 0.500. The lowest BCUT2D eigenvalue weighted by atomic mass is 9.97. The maximum absolute atomic E-state index is 13.8. The summed E-state index contributed by atoms with van der Waals surface area (Å²) in [5, 5.41) is 12.3. The second-order valence-corrected chi connectivity index (χ2v) is 9.22. The Bertz CT molecular complexity index is 1100. The average Bonchev–Trinajstić information content (AvgIpc) is 2.85. The largest absolute Gasteiger partial charge is 0.503 e. The van der Waals surface area contributed by atoms with Crippen molar-refractivity contribution >= 4 is 24.9 Å². The van der Waals surface area contributed by atoms with Crippen molar-refractivity contribution in [2.45, 2.75) is 59.3 Å². The van der Waals surface area contributed by atoms with Crippen molar-refractivity contribution in [1.82, 2.24) is 14.8 Å². The Labute approximate surface area is 216 Å². The van der Waals surface area contributed by atoms with Gasteiger partial charge in [-0.25, -0.2) is 8.78 Å². The quantitative estimate of drug-likeness (QED) is 0.315. The van der Waals surface area contributed by atoms with Crippen molar-refractivity contribution < 1.29 is 23.5 Å². The maximum Gasteiger partial charge on any atom is 0.257 e. The van der Waals surface area contributed by atoms with Gasteiger partial charge in [0.25, 0.3) is 5.91 Å². The van der Waals surface area contributed by atoms with Crippen LogP contribution in [0.1, 0.15) is 73.1 Å². The van der Waals surface area contributed by atoms with Crippen LogP contribution in [0.5, 0.6) is 5.75 Å². The van der Waals surface area contributed by atoms with Crippen LogP contribution < -0.4 is 10.7 Å². The number of amides is 2. The minimum Gasteiger partial charge on any atom is -0.503 e. The molecule has 0 radical (unpaired) electrons. The summed E-state index contributed by atoms with van der Waals surface area (Å²) in [7, 11) is 1.65. The second kappa shape index (κ2) is 14.6. The van der Waals surface area contributed by atoms with Gasteiger partial charge in [0.15, 0.2) is 5.75 Å². The number of hydrogen-bond acceptors (Lipinski definition) is 5. The molecule has 0 saturated heterocycles. The first-order chi connectivity index (χ1) is 16.9. The van der Waals surface area contributed by atoms with E-state index in [4.69, 9.17) is 0 Å². The number of pyridine rings is 1. The average molecular weight is 526 g/mol. The number of nitrogens with one attached hydrogen (secondary N) is 1. The molecule has 0 saturated carbocycles. The molecule has 1 aromatic carbocycles. The molecular formula is C26H37F2N3O4S. The normalized spacial score (nSPS) is 12.2. The third-order valence-corrected chi connectivity index (χ3v) is 6.64. The predicted octanol–water partition coefficient (Wildman–Crippen LogP) is 4.50. The molecule has 7 nitrogen and oxygen atoms in total. The van der Waals surface area contributed by atoms with Crippen molar-refractivity contribution in [2.24, 2.45) is 13.0 Å². The van der Waals surface area contributed by atoms with Crippen molar-refractivity contribution in [3.63, 3.8) is 0 Å². The Morgan fingerprint density at radius 2 is 1.86 bits per heavy atom. The number of rotatable bonds is 10. The molecule has 0 fully saturated rings. The van der Waals surface area contributed by atoms with Crippen molar-refractivity contribution in [3.8, 4) is 5.75 Å². The highest BCUT2D eigenvalue weighted by Gasteiger charge is 2.27. The Kier molecular flexibility index (Phi) is 12.7. The van der Waals surface area contributed by atoms with Gasteiger partial charge in [-0.1, -0.05) is 26.3 Å². The van der Waals surface area contributed by atoms with Crippen LogP contribution in [0.3, 0.4) is 0 Å². The predicted molar refractivity (Wildman–Crippen MR) is 140 cm³/mol. The first-order valence-corrected chi connectivity index (χ1v) is 12.5. The molecule has 0 aliphatic heterocycles. The topological polar surface area (TPSA) is 91.6 Å². The Morgan fingerprint density at radius 1 is 1.25 bits per heavy atom. The smallest absolute Gasteiger partial charge is 0.257 e. The van der Waals surface area contributed by atoms with Gasteiger partial charge in [-0.15, -0.1) is 0 Å². The van der Waals surface area contributed by atoms with Gasteiger partial charge in [0.2, 0.25) is 11.8 Å². The van der Waals surface area contributed by atoms with E-state index in [1.165, 1.54) is 6.07 Å². The second-order valence-electron chi connectivity index (χ2n) is 8.59. The molecule has 2 N–H and O–H groups in total. The fourth-order valence-corrected chi connectivity index (χ4v) is 4.14. The van der Waals surface area contributed by atoms with Crippen LogP contribution in [0.15, 0.2) is 23.0 Å². The van der Waals surface area contributed by atoms with Crippen molar-refractivity contribution in [1.29, 1.82) is 0 Å². The number of thiol groups is 1. The van der Waals surface area contributed by atoms with Crippen LogP contribution in [0, 0.1) is 24.5 Å². The van der Waals surface area contributed by atoms with E-state index in [-0.39, 0.29) is 17.7 Å². The number of carbonyl (C=O) groups excluding carboxylic acids is 2. The molecule has 10 heteroatoms. The molecule has 1 aromatic heterocycles. The van der Waals surface area contributed by atoms with Gasteiger partial charge < -0.3 is 19.9 Å². The molecule has 0 bridgehead atoms. The van der Waals surface area contributed by atoms with E-state index in [0.29, 0.717) is 23.7 Å². The van der Waals surface area contributed by atoms with Crippen LogP contribution in [0.4, 0.5) is 8.78 Å². The number of aromatic hydroxyl groups is 1. The Balaban J connectivity index is 0.000000809. The van der Waals surface area contributed by atoms with Crippen LogP contribution in [-0.4, -0.2) is 40.0 Å². The summed E-state index contributed by atoms with van der Waals surface area (Å²) in [5.41, 5.74) is -0.214. The number of hydrogen-bond donors (Lipinski definition) is 3. The zero-order valence-corrected chi connectivity index (χ0v) is 22.7. The van der Waals surface area contributed by atoms with Gasteiger partial charge in [0.05, 0.1) is 5.69 Å². The van der Waals surface area contributed by atoms with Gasteiger partial charge in [-0.2, -0.15) is 12.6 Å². The molecule has 0 spiro atoms. The summed E-state index contributed by atoms with van der Waals surface area (Å²) in [4.78, 5) is 37.1. The number of carbonyl (C=O) groups is 2. The first kappa shape index (κ1) is 31.2. The standard InChI is InChI=1S/C21H26F2N2O3S.C5H11NO/c1-5-11(2)8-16(29)18-17(20(27)19(26)12(3)25(18)4)21(28)24-10-13-6-7-14(22)9-15(13)23;1-3-6(4-2)5-7/h6-7,9,11,16,26,29H,5,8,10H2,1-4H3,(H,24,28);5H,3-4H2,1-2H3. The molecule has 0 aliphatic carbocycles. The minimum absolute atomic E-state index is 0.0801. The third kappa shape index (κ3) is 8.08. The van der Waals surface area contributed by atoms with Crippen molar-refractivity contribution in [2.75, 3.05) is 13.1 Å². The molecule has 200 valence electrons. The van der Waals surface area contributed by atoms with Gasteiger partial charge in [0, 0.05) is 49.3 Å². The molecule has 2 unspecified atom stereocenters. The van der Waals surface area contributed by atoms with Crippen LogP contribution in [0.25, 0.3) is 0 Å².